The van der Waals surface area contributed by atoms with E-state index in [1.165, 1.54) is 0 Å². The standard InChI is InChI=1S/C13H25N5O/c1-16-5-6-17(2)10(9-16)7-11(14)13-12(19-4)8-15-18(13)3/h8,10-11H,5-7,9,14H2,1-4H3. The van der Waals surface area contributed by atoms with E-state index in [0.717, 1.165) is 37.5 Å². The van der Waals surface area contributed by atoms with Crippen LogP contribution in [0.3, 0.4) is 0 Å². The Hall–Kier alpha value is -1.11. The first-order valence-corrected chi connectivity index (χ1v) is 6.73. The Bertz CT molecular complexity index is 419. The molecular formula is C13H25N5O. The summed E-state index contributed by atoms with van der Waals surface area (Å²) in [7, 11) is 7.91. The van der Waals surface area contributed by atoms with Crippen LogP contribution in [-0.4, -0.2) is 66.5 Å². The van der Waals surface area contributed by atoms with Crippen molar-refractivity contribution in [3.05, 3.63) is 11.9 Å². The topological polar surface area (TPSA) is 59.6 Å². The molecule has 1 aromatic heterocycles. The van der Waals surface area contributed by atoms with Crippen LogP contribution < -0.4 is 10.5 Å². The van der Waals surface area contributed by atoms with Crippen molar-refractivity contribution >= 4 is 0 Å². The Kier molecular flexibility index (Phi) is 4.44. The molecule has 0 aromatic carbocycles. The molecule has 0 saturated carbocycles. The lowest BCUT2D eigenvalue weighted by Crippen LogP contribution is -2.50. The van der Waals surface area contributed by atoms with E-state index in [1.54, 1.807) is 13.3 Å². The highest BCUT2D eigenvalue weighted by Gasteiger charge is 2.27. The van der Waals surface area contributed by atoms with E-state index >= 15 is 0 Å². The van der Waals surface area contributed by atoms with Crippen molar-refractivity contribution in [2.45, 2.75) is 18.5 Å². The van der Waals surface area contributed by atoms with Crippen molar-refractivity contribution < 1.29 is 4.74 Å². The summed E-state index contributed by atoms with van der Waals surface area (Å²) >= 11 is 0. The number of methoxy groups -OCH3 is 1. The number of hydrogen-bond acceptors (Lipinski definition) is 5. The third-order valence-electron chi connectivity index (χ3n) is 4.03. The van der Waals surface area contributed by atoms with Crippen LogP contribution in [0.2, 0.25) is 0 Å². The molecule has 0 radical (unpaired) electrons. The van der Waals surface area contributed by atoms with E-state index < -0.39 is 0 Å². The lowest BCUT2D eigenvalue weighted by molar-refractivity contribution is 0.103. The molecule has 0 spiro atoms. The summed E-state index contributed by atoms with van der Waals surface area (Å²) < 4.78 is 7.15. The zero-order valence-corrected chi connectivity index (χ0v) is 12.3. The molecule has 19 heavy (non-hydrogen) atoms. The van der Waals surface area contributed by atoms with Gasteiger partial charge in [0, 0.05) is 32.7 Å². The first-order chi connectivity index (χ1) is 9.02. The number of rotatable bonds is 4. The van der Waals surface area contributed by atoms with E-state index in [0.29, 0.717) is 6.04 Å². The summed E-state index contributed by atoms with van der Waals surface area (Å²) in [5.74, 6) is 0.779. The van der Waals surface area contributed by atoms with Gasteiger partial charge in [0.2, 0.25) is 0 Å². The number of ether oxygens (including phenoxy) is 1. The number of hydrogen-bond donors (Lipinski definition) is 1. The Morgan fingerprint density at radius 1 is 1.42 bits per heavy atom. The Labute approximate surface area is 115 Å². The fraction of sp³-hybridized carbons (Fsp3) is 0.769. The van der Waals surface area contributed by atoms with Crippen LogP contribution in [0.15, 0.2) is 6.20 Å². The Balaban J connectivity index is 2.07. The second-order valence-electron chi connectivity index (χ2n) is 5.46. The summed E-state index contributed by atoms with van der Waals surface area (Å²) in [5.41, 5.74) is 7.35. The predicted molar refractivity (Wildman–Crippen MR) is 75.2 cm³/mol. The second kappa shape index (κ2) is 5.90. The molecule has 1 aliphatic rings. The van der Waals surface area contributed by atoms with Crippen LogP contribution in [0.25, 0.3) is 0 Å². The normalized spacial score (nSPS) is 23.5. The Morgan fingerprint density at radius 3 is 2.84 bits per heavy atom. The van der Waals surface area contributed by atoms with Crippen molar-refractivity contribution in [2.24, 2.45) is 12.8 Å². The third-order valence-corrected chi connectivity index (χ3v) is 4.03. The lowest BCUT2D eigenvalue weighted by Gasteiger charge is -2.38. The summed E-state index contributed by atoms with van der Waals surface area (Å²) in [6, 6.07) is 0.426. The second-order valence-corrected chi connectivity index (χ2v) is 5.46. The summed E-state index contributed by atoms with van der Waals surface area (Å²) in [6.45, 7) is 3.28. The van der Waals surface area contributed by atoms with Crippen LogP contribution in [0.1, 0.15) is 18.2 Å². The number of nitrogens with two attached hydrogens (primary N) is 1. The van der Waals surface area contributed by atoms with E-state index in [2.05, 4.69) is 29.0 Å². The lowest BCUT2D eigenvalue weighted by atomic mass is 10.0. The maximum absolute atomic E-state index is 6.37. The highest BCUT2D eigenvalue weighted by Crippen LogP contribution is 2.27. The SMILES string of the molecule is COc1cnn(C)c1C(N)CC1CN(C)CCN1C. The highest BCUT2D eigenvalue weighted by molar-refractivity contribution is 5.28. The molecule has 0 amide bonds. The maximum atomic E-state index is 6.37. The van der Waals surface area contributed by atoms with E-state index in [1.807, 2.05) is 11.7 Å². The first-order valence-electron chi connectivity index (χ1n) is 6.73. The Morgan fingerprint density at radius 2 is 2.16 bits per heavy atom. The van der Waals surface area contributed by atoms with Gasteiger partial charge in [-0.25, -0.2) is 0 Å². The van der Waals surface area contributed by atoms with E-state index in [9.17, 15) is 0 Å². The van der Waals surface area contributed by atoms with Crippen LogP contribution in [-0.2, 0) is 7.05 Å². The zero-order valence-electron chi connectivity index (χ0n) is 12.3. The molecule has 2 unspecified atom stereocenters. The first kappa shape index (κ1) is 14.3. The highest BCUT2D eigenvalue weighted by atomic mass is 16.5. The van der Waals surface area contributed by atoms with Gasteiger partial charge in [0.15, 0.2) is 5.75 Å². The minimum Gasteiger partial charge on any atom is -0.493 e. The molecule has 2 rings (SSSR count). The molecule has 2 N–H and O–H groups in total. The van der Waals surface area contributed by atoms with Gasteiger partial charge in [-0.05, 0) is 20.5 Å². The van der Waals surface area contributed by atoms with Crippen LogP contribution >= 0.6 is 0 Å². The number of aryl methyl sites for hydroxylation is 1. The number of piperazine rings is 1. The fourth-order valence-electron chi connectivity index (χ4n) is 2.77. The van der Waals surface area contributed by atoms with Gasteiger partial charge in [-0.2, -0.15) is 5.10 Å². The summed E-state index contributed by atoms with van der Waals surface area (Å²) in [5, 5.41) is 4.22. The van der Waals surface area contributed by atoms with Crippen LogP contribution in [0.5, 0.6) is 5.75 Å². The van der Waals surface area contributed by atoms with Gasteiger partial charge in [0.05, 0.1) is 25.0 Å². The quantitative estimate of drug-likeness (QED) is 0.836. The molecule has 2 atom stereocenters. The molecule has 0 aliphatic carbocycles. The smallest absolute Gasteiger partial charge is 0.161 e. The minimum absolute atomic E-state index is 0.0543. The van der Waals surface area contributed by atoms with E-state index in [-0.39, 0.29) is 6.04 Å². The molecule has 0 bridgehead atoms. The molecule has 1 aliphatic heterocycles. The zero-order chi connectivity index (χ0) is 14.0. The van der Waals surface area contributed by atoms with Gasteiger partial charge >= 0.3 is 0 Å². The molecule has 2 heterocycles. The number of likely N-dealkylation sites (N-methyl/N-ethyl adjacent to an activating group) is 2. The molecule has 6 nitrogen and oxygen atoms in total. The average molecular weight is 267 g/mol. The van der Waals surface area contributed by atoms with Gasteiger partial charge in [0.25, 0.3) is 0 Å². The van der Waals surface area contributed by atoms with Gasteiger partial charge in [0.1, 0.15) is 0 Å². The predicted octanol–water partition coefficient (Wildman–Crippen LogP) is 0.0644. The van der Waals surface area contributed by atoms with Gasteiger partial charge in [-0.15, -0.1) is 0 Å². The van der Waals surface area contributed by atoms with E-state index in [4.69, 9.17) is 10.5 Å². The van der Waals surface area contributed by atoms with Crippen molar-refractivity contribution in [3.63, 3.8) is 0 Å². The summed E-state index contributed by atoms with van der Waals surface area (Å²) in [4.78, 5) is 4.75. The minimum atomic E-state index is -0.0543. The van der Waals surface area contributed by atoms with Crippen molar-refractivity contribution in [3.8, 4) is 5.75 Å². The third kappa shape index (κ3) is 3.08. The fourth-order valence-corrected chi connectivity index (χ4v) is 2.77. The van der Waals surface area contributed by atoms with Gasteiger partial charge in [-0.1, -0.05) is 0 Å². The van der Waals surface area contributed by atoms with Crippen LogP contribution in [0.4, 0.5) is 0 Å². The van der Waals surface area contributed by atoms with Crippen molar-refractivity contribution in [1.82, 2.24) is 19.6 Å². The molecule has 108 valence electrons. The molecule has 1 aromatic rings. The monoisotopic (exact) mass is 267 g/mol. The molecular weight excluding hydrogens is 242 g/mol. The molecule has 1 saturated heterocycles. The largest absolute Gasteiger partial charge is 0.493 e. The number of aromatic nitrogens is 2. The van der Waals surface area contributed by atoms with Gasteiger partial charge in [-0.3, -0.25) is 4.68 Å². The summed E-state index contributed by atoms with van der Waals surface area (Å²) in [6.07, 6.45) is 2.64. The number of nitrogens with zero attached hydrogens (tertiary/aromatic N) is 4. The maximum Gasteiger partial charge on any atom is 0.161 e. The van der Waals surface area contributed by atoms with Gasteiger partial charge < -0.3 is 20.3 Å². The van der Waals surface area contributed by atoms with Crippen LogP contribution in [0, 0.1) is 0 Å². The molecule has 1 fully saturated rings. The average Bonchev–Trinajstić information content (AvgIpc) is 2.75. The van der Waals surface area contributed by atoms with Crippen molar-refractivity contribution in [1.29, 1.82) is 0 Å². The van der Waals surface area contributed by atoms with Crippen molar-refractivity contribution in [2.75, 3.05) is 40.8 Å². The molecule has 6 heteroatoms.